The van der Waals surface area contributed by atoms with E-state index in [-0.39, 0.29) is 11.3 Å². The number of carbonyl (C=O) groups is 2. The third-order valence-electron chi connectivity index (χ3n) is 5.92. The molecule has 168 valence electrons. The van der Waals surface area contributed by atoms with Gasteiger partial charge in [0.15, 0.2) is 22.9 Å². The lowest BCUT2D eigenvalue weighted by Gasteiger charge is -2.25. The Kier molecular flexibility index (Phi) is 5.13. The van der Waals surface area contributed by atoms with E-state index in [2.05, 4.69) is 4.98 Å². The van der Waals surface area contributed by atoms with Gasteiger partial charge in [-0.25, -0.2) is 0 Å². The summed E-state index contributed by atoms with van der Waals surface area (Å²) in [5, 5.41) is 12.7. The lowest BCUT2D eigenvalue weighted by molar-refractivity contribution is -0.129. The number of amides is 1. The number of aromatic nitrogens is 1. The van der Waals surface area contributed by atoms with Crippen LogP contribution in [0.25, 0.3) is 21.9 Å². The van der Waals surface area contributed by atoms with E-state index in [4.69, 9.17) is 20.8 Å². The number of H-pyrrole nitrogens is 1. The average molecular weight is 465 g/mol. The predicted molar refractivity (Wildman–Crippen MR) is 125 cm³/mol. The van der Waals surface area contributed by atoms with Gasteiger partial charge in [0, 0.05) is 45.7 Å². The maximum atomic E-state index is 13.7. The number of hydrogen-bond donors (Lipinski definition) is 2. The van der Waals surface area contributed by atoms with Crippen molar-refractivity contribution in [1.82, 2.24) is 9.88 Å². The SMILES string of the molecule is CCCN1C(=O)C(O)=C(C(=O)c2cc3cc(Cl)cc(OC)c3o2)C1c1c[nH]c2ccccc12. The number of halogens is 1. The number of hydrogen-bond acceptors (Lipinski definition) is 5. The highest BCUT2D eigenvalue weighted by molar-refractivity contribution is 6.31. The maximum absolute atomic E-state index is 13.7. The minimum absolute atomic E-state index is 0.0110. The Labute approximate surface area is 194 Å². The summed E-state index contributed by atoms with van der Waals surface area (Å²) in [5.41, 5.74) is 1.96. The van der Waals surface area contributed by atoms with Crippen LogP contribution in [0.5, 0.6) is 5.75 Å². The summed E-state index contributed by atoms with van der Waals surface area (Å²) in [6.07, 6.45) is 2.44. The van der Waals surface area contributed by atoms with Crippen molar-refractivity contribution in [2.45, 2.75) is 19.4 Å². The number of methoxy groups -OCH3 is 1. The number of aliphatic hydroxyl groups excluding tert-OH is 1. The number of ketones is 1. The molecule has 0 aliphatic carbocycles. The van der Waals surface area contributed by atoms with Crippen molar-refractivity contribution in [3.63, 3.8) is 0 Å². The van der Waals surface area contributed by atoms with E-state index in [0.29, 0.717) is 34.7 Å². The molecule has 1 aliphatic rings. The first-order valence-corrected chi connectivity index (χ1v) is 10.9. The van der Waals surface area contributed by atoms with E-state index >= 15 is 0 Å². The summed E-state index contributed by atoms with van der Waals surface area (Å²) in [7, 11) is 1.48. The minimum Gasteiger partial charge on any atom is -0.503 e. The number of para-hydroxylation sites is 1. The van der Waals surface area contributed by atoms with Crippen molar-refractivity contribution < 1.29 is 23.8 Å². The molecule has 7 nitrogen and oxygen atoms in total. The van der Waals surface area contributed by atoms with Gasteiger partial charge in [0.1, 0.15) is 0 Å². The molecule has 0 spiro atoms. The van der Waals surface area contributed by atoms with Crippen molar-refractivity contribution in [3.05, 3.63) is 76.3 Å². The van der Waals surface area contributed by atoms with Gasteiger partial charge in [-0.15, -0.1) is 0 Å². The Bertz CT molecular complexity index is 1450. The molecule has 4 aromatic rings. The first-order chi connectivity index (χ1) is 15.9. The topological polar surface area (TPSA) is 95.8 Å². The van der Waals surface area contributed by atoms with E-state index in [1.807, 2.05) is 31.2 Å². The molecule has 1 aliphatic heterocycles. The van der Waals surface area contributed by atoms with Gasteiger partial charge in [-0.1, -0.05) is 36.7 Å². The van der Waals surface area contributed by atoms with Crippen molar-refractivity contribution >= 4 is 45.2 Å². The van der Waals surface area contributed by atoms with Crippen molar-refractivity contribution in [1.29, 1.82) is 0 Å². The van der Waals surface area contributed by atoms with E-state index in [1.165, 1.54) is 12.0 Å². The number of ether oxygens (including phenoxy) is 1. The summed E-state index contributed by atoms with van der Waals surface area (Å²) < 4.78 is 11.2. The van der Waals surface area contributed by atoms with Crippen LogP contribution in [0.3, 0.4) is 0 Å². The summed E-state index contributed by atoms with van der Waals surface area (Å²) in [4.78, 5) is 31.4. The third kappa shape index (κ3) is 3.27. The van der Waals surface area contributed by atoms with Gasteiger partial charge in [0.05, 0.1) is 18.7 Å². The normalized spacial score (nSPS) is 16.4. The number of furan rings is 1. The Balaban J connectivity index is 1.67. The van der Waals surface area contributed by atoms with Gasteiger partial charge in [-0.2, -0.15) is 0 Å². The molecule has 0 fully saturated rings. The van der Waals surface area contributed by atoms with Crippen molar-refractivity contribution in [3.8, 4) is 5.75 Å². The number of nitrogens with one attached hydrogen (secondary N) is 1. The molecule has 1 unspecified atom stereocenters. The Morgan fingerprint density at radius 3 is 2.82 bits per heavy atom. The van der Waals surface area contributed by atoms with Crippen LogP contribution in [0.2, 0.25) is 5.02 Å². The molecule has 5 rings (SSSR count). The van der Waals surface area contributed by atoms with Crippen LogP contribution < -0.4 is 4.74 Å². The molecule has 0 saturated heterocycles. The molecular formula is C25H21ClN2O5. The van der Waals surface area contributed by atoms with Crippen LogP contribution in [0.1, 0.15) is 35.5 Å². The fourth-order valence-corrected chi connectivity index (χ4v) is 4.70. The fraction of sp³-hybridized carbons (Fsp3) is 0.200. The van der Waals surface area contributed by atoms with Crippen LogP contribution in [0, 0.1) is 0 Å². The quantitative estimate of drug-likeness (QED) is 0.364. The first-order valence-electron chi connectivity index (χ1n) is 10.6. The Morgan fingerprint density at radius 1 is 1.27 bits per heavy atom. The van der Waals surface area contributed by atoms with E-state index in [9.17, 15) is 14.7 Å². The number of nitrogens with zero attached hydrogens (tertiary/aromatic N) is 1. The second-order valence-electron chi connectivity index (χ2n) is 7.92. The maximum Gasteiger partial charge on any atom is 0.290 e. The van der Waals surface area contributed by atoms with Gasteiger partial charge < -0.3 is 24.1 Å². The molecular weight excluding hydrogens is 444 g/mol. The molecule has 0 bridgehead atoms. The molecule has 1 atom stereocenters. The molecule has 0 saturated carbocycles. The van der Waals surface area contributed by atoms with Crippen molar-refractivity contribution in [2.75, 3.05) is 13.7 Å². The number of aromatic amines is 1. The second-order valence-corrected chi connectivity index (χ2v) is 8.36. The zero-order valence-electron chi connectivity index (χ0n) is 18.0. The smallest absolute Gasteiger partial charge is 0.290 e. The van der Waals surface area contributed by atoms with E-state index in [1.54, 1.807) is 24.4 Å². The van der Waals surface area contributed by atoms with Gasteiger partial charge >= 0.3 is 0 Å². The fourth-order valence-electron chi connectivity index (χ4n) is 4.48. The molecule has 2 N–H and O–H groups in total. The zero-order valence-corrected chi connectivity index (χ0v) is 18.8. The number of carbonyl (C=O) groups excluding carboxylic acids is 2. The molecule has 8 heteroatoms. The Morgan fingerprint density at radius 2 is 2.06 bits per heavy atom. The lowest BCUT2D eigenvalue weighted by atomic mass is 9.94. The monoisotopic (exact) mass is 464 g/mol. The van der Waals surface area contributed by atoms with Crippen LogP contribution >= 0.6 is 11.6 Å². The van der Waals surface area contributed by atoms with Crippen LogP contribution in [0.4, 0.5) is 0 Å². The number of aliphatic hydroxyl groups is 1. The molecule has 33 heavy (non-hydrogen) atoms. The van der Waals surface area contributed by atoms with Gasteiger partial charge in [-0.05, 0) is 24.6 Å². The second kappa shape index (κ2) is 8.01. The largest absolute Gasteiger partial charge is 0.503 e. The number of rotatable bonds is 6. The first kappa shape index (κ1) is 21.2. The lowest BCUT2D eigenvalue weighted by Crippen LogP contribution is -2.31. The number of Topliss-reactive ketones (excluding diaryl/α,β-unsaturated/α-hetero) is 1. The van der Waals surface area contributed by atoms with Crippen LogP contribution in [-0.4, -0.2) is 40.3 Å². The number of benzene rings is 2. The van der Waals surface area contributed by atoms with Gasteiger partial charge in [0.25, 0.3) is 5.91 Å². The summed E-state index contributed by atoms with van der Waals surface area (Å²) in [6, 6.07) is 11.7. The highest BCUT2D eigenvalue weighted by Crippen LogP contribution is 2.42. The van der Waals surface area contributed by atoms with Crippen molar-refractivity contribution in [2.24, 2.45) is 0 Å². The molecule has 1 amide bonds. The summed E-state index contributed by atoms with van der Waals surface area (Å²) >= 11 is 6.15. The third-order valence-corrected chi connectivity index (χ3v) is 6.14. The highest BCUT2D eigenvalue weighted by atomic mass is 35.5. The van der Waals surface area contributed by atoms with E-state index in [0.717, 1.165) is 16.5 Å². The number of fused-ring (bicyclic) bond motifs is 2. The van der Waals surface area contributed by atoms with E-state index < -0.39 is 23.5 Å². The zero-order chi connectivity index (χ0) is 23.3. The summed E-state index contributed by atoms with van der Waals surface area (Å²) in [5.74, 6) is -1.33. The minimum atomic E-state index is -0.750. The average Bonchev–Trinajstić information content (AvgIpc) is 3.49. The molecule has 2 aromatic heterocycles. The van der Waals surface area contributed by atoms with Gasteiger partial charge in [-0.3, -0.25) is 9.59 Å². The highest BCUT2D eigenvalue weighted by Gasteiger charge is 2.45. The Hall–Kier alpha value is -3.71. The van der Waals surface area contributed by atoms with Crippen LogP contribution in [0.15, 0.2) is 64.4 Å². The van der Waals surface area contributed by atoms with Gasteiger partial charge in [0.2, 0.25) is 5.78 Å². The molecule has 2 aromatic carbocycles. The standard InChI is InChI=1S/C25H21ClN2O5/c1-3-8-28-21(16-12-27-17-7-5-4-6-15(16)17)20(23(30)25(28)31)22(29)18-10-13-9-14(26)11-19(32-2)24(13)33-18/h4-7,9-12,21,27,30H,3,8H2,1-2H3. The molecule has 0 radical (unpaired) electrons. The van der Waals surface area contributed by atoms with Crippen LogP contribution in [-0.2, 0) is 4.79 Å². The molecule has 3 heterocycles. The predicted octanol–water partition coefficient (Wildman–Crippen LogP) is 5.56. The summed E-state index contributed by atoms with van der Waals surface area (Å²) in [6.45, 7) is 2.32.